The minimum absolute atomic E-state index is 0.465. The largest absolute Gasteiger partial charge is 0.370 e. The fraction of sp³-hybridized carbons (Fsp3) is 0.667. The molecule has 2 N–H and O–H groups in total. The van der Waals surface area contributed by atoms with Crippen LogP contribution in [0.1, 0.15) is 20.3 Å². The molecule has 1 aromatic heterocycles. The fourth-order valence-corrected chi connectivity index (χ4v) is 2.78. The predicted molar refractivity (Wildman–Crippen MR) is 84.2 cm³/mol. The molecule has 1 saturated heterocycles. The molecule has 6 heteroatoms. The van der Waals surface area contributed by atoms with E-state index in [0.29, 0.717) is 17.3 Å². The van der Waals surface area contributed by atoms with Gasteiger partial charge in [0, 0.05) is 45.1 Å². The van der Waals surface area contributed by atoms with E-state index >= 15 is 0 Å². The molecule has 0 aromatic carbocycles. The van der Waals surface area contributed by atoms with E-state index in [1.54, 1.807) is 12.4 Å². The van der Waals surface area contributed by atoms with E-state index in [9.17, 15) is 0 Å². The van der Waals surface area contributed by atoms with Gasteiger partial charge in [0.25, 0.3) is 0 Å². The summed E-state index contributed by atoms with van der Waals surface area (Å²) in [7, 11) is 0. The van der Waals surface area contributed by atoms with Gasteiger partial charge in [0.1, 0.15) is 0 Å². The summed E-state index contributed by atoms with van der Waals surface area (Å²) in [5, 5.41) is 0. The van der Waals surface area contributed by atoms with Gasteiger partial charge >= 0.3 is 0 Å². The van der Waals surface area contributed by atoms with Crippen LogP contribution in [-0.4, -0.2) is 53.6 Å². The normalized spacial score (nSPS) is 25.0. The third-order valence-corrected chi connectivity index (χ3v) is 4.63. The molecular formula is C15H24N6. The Labute approximate surface area is 126 Å². The standard InChI is InChI=1S/C15H24N6/c1-15(2)10-12(15)11-19-13(16)20-6-8-21(9-7-20)14-17-4-3-5-18-14/h3-5,12H,6-11H2,1-2H3,(H2,16,19). The molecule has 1 atom stereocenters. The van der Waals surface area contributed by atoms with E-state index < -0.39 is 0 Å². The molecule has 114 valence electrons. The van der Waals surface area contributed by atoms with Crippen LogP contribution < -0.4 is 10.6 Å². The lowest BCUT2D eigenvalue weighted by Gasteiger charge is -2.35. The van der Waals surface area contributed by atoms with Crippen LogP contribution in [-0.2, 0) is 0 Å². The first kappa shape index (κ1) is 14.1. The molecule has 1 aromatic rings. The highest BCUT2D eigenvalue weighted by molar-refractivity contribution is 5.78. The lowest BCUT2D eigenvalue weighted by Crippen LogP contribution is -2.51. The molecule has 1 saturated carbocycles. The maximum Gasteiger partial charge on any atom is 0.225 e. The van der Waals surface area contributed by atoms with Gasteiger partial charge in [-0.15, -0.1) is 0 Å². The quantitative estimate of drug-likeness (QED) is 0.662. The number of piperazine rings is 1. The Balaban J connectivity index is 1.50. The molecule has 6 nitrogen and oxygen atoms in total. The van der Waals surface area contributed by atoms with Gasteiger partial charge in [-0.1, -0.05) is 13.8 Å². The van der Waals surface area contributed by atoms with Gasteiger partial charge in [-0.2, -0.15) is 0 Å². The van der Waals surface area contributed by atoms with Gasteiger partial charge < -0.3 is 15.5 Å². The molecule has 2 fully saturated rings. The second kappa shape index (κ2) is 5.50. The highest BCUT2D eigenvalue weighted by atomic mass is 15.3. The van der Waals surface area contributed by atoms with Crippen LogP contribution in [0.4, 0.5) is 5.95 Å². The number of hydrogen-bond donors (Lipinski definition) is 1. The molecular weight excluding hydrogens is 264 g/mol. The molecule has 2 heterocycles. The molecule has 0 bridgehead atoms. The van der Waals surface area contributed by atoms with Crippen molar-refractivity contribution < 1.29 is 0 Å². The highest BCUT2D eigenvalue weighted by Gasteiger charge is 2.45. The second-order valence-electron chi connectivity index (χ2n) is 6.61. The predicted octanol–water partition coefficient (Wildman–Crippen LogP) is 0.959. The van der Waals surface area contributed by atoms with Crippen molar-refractivity contribution in [3.63, 3.8) is 0 Å². The first-order chi connectivity index (χ1) is 10.1. The van der Waals surface area contributed by atoms with Crippen LogP contribution in [0.3, 0.4) is 0 Å². The molecule has 0 radical (unpaired) electrons. The number of nitrogens with two attached hydrogens (primary N) is 1. The number of hydrogen-bond acceptors (Lipinski definition) is 4. The van der Waals surface area contributed by atoms with Crippen molar-refractivity contribution in [2.75, 3.05) is 37.6 Å². The van der Waals surface area contributed by atoms with Crippen LogP contribution >= 0.6 is 0 Å². The van der Waals surface area contributed by atoms with Gasteiger partial charge in [0.2, 0.25) is 5.95 Å². The zero-order chi connectivity index (χ0) is 14.9. The molecule has 0 amide bonds. The van der Waals surface area contributed by atoms with Crippen LogP contribution in [0.5, 0.6) is 0 Å². The van der Waals surface area contributed by atoms with Gasteiger partial charge in [-0.25, -0.2) is 9.97 Å². The third-order valence-electron chi connectivity index (χ3n) is 4.63. The Morgan fingerprint density at radius 1 is 1.29 bits per heavy atom. The maximum absolute atomic E-state index is 6.12. The zero-order valence-corrected chi connectivity index (χ0v) is 12.9. The van der Waals surface area contributed by atoms with E-state index in [-0.39, 0.29) is 0 Å². The second-order valence-corrected chi connectivity index (χ2v) is 6.61. The van der Waals surface area contributed by atoms with E-state index in [1.807, 2.05) is 6.07 Å². The number of nitrogens with zero attached hydrogens (tertiary/aromatic N) is 5. The topological polar surface area (TPSA) is 70.6 Å². The van der Waals surface area contributed by atoms with Gasteiger partial charge in [0.05, 0.1) is 0 Å². The van der Waals surface area contributed by atoms with Crippen molar-refractivity contribution in [2.45, 2.75) is 20.3 Å². The average molecular weight is 288 g/mol. The van der Waals surface area contributed by atoms with Crippen molar-refractivity contribution in [1.82, 2.24) is 14.9 Å². The first-order valence-electron chi connectivity index (χ1n) is 7.63. The molecule has 0 spiro atoms. The molecule has 1 unspecified atom stereocenters. The van der Waals surface area contributed by atoms with Crippen LogP contribution in [0.25, 0.3) is 0 Å². The number of aliphatic imine (C=N–C) groups is 1. The summed E-state index contributed by atoms with van der Waals surface area (Å²) >= 11 is 0. The van der Waals surface area contributed by atoms with E-state index in [2.05, 4.69) is 38.6 Å². The highest BCUT2D eigenvalue weighted by Crippen LogP contribution is 2.51. The van der Waals surface area contributed by atoms with Crippen molar-refractivity contribution in [3.8, 4) is 0 Å². The Bertz CT molecular complexity index is 504. The average Bonchev–Trinajstić information content (AvgIpc) is 3.13. The van der Waals surface area contributed by atoms with Gasteiger partial charge in [-0.3, -0.25) is 4.99 Å². The van der Waals surface area contributed by atoms with Crippen LogP contribution in [0.15, 0.2) is 23.5 Å². The number of anilines is 1. The lowest BCUT2D eigenvalue weighted by molar-refractivity contribution is 0.377. The Hall–Kier alpha value is -1.85. The number of aromatic nitrogens is 2. The molecule has 2 aliphatic rings. The van der Waals surface area contributed by atoms with Crippen LogP contribution in [0.2, 0.25) is 0 Å². The number of rotatable bonds is 3. The van der Waals surface area contributed by atoms with Crippen molar-refractivity contribution in [3.05, 3.63) is 18.5 Å². The molecule has 21 heavy (non-hydrogen) atoms. The summed E-state index contributed by atoms with van der Waals surface area (Å²) in [4.78, 5) is 17.5. The smallest absolute Gasteiger partial charge is 0.225 e. The summed E-state index contributed by atoms with van der Waals surface area (Å²) in [6.45, 7) is 8.97. The molecule has 1 aliphatic carbocycles. The van der Waals surface area contributed by atoms with E-state index in [0.717, 1.165) is 38.7 Å². The lowest BCUT2D eigenvalue weighted by atomic mass is 10.1. The summed E-state index contributed by atoms with van der Waals surface area (Å²) in [5.41, 5.74) is 6.59. The Morgan fingerprint density at radius 2 is 1.90 bits per heavy atom. The third kappa shape index (κ3) is 3.25. The Morgan fingerprint density at radius 3 is 2.48 bits per heavy atom. The summed E-state index contributed by atoms with van der Waals surface area (Å²) in [5.74, 6) is 2.19. The fourth-order valence-electron chi connectivity index (χ4n) is 2.78. The van der Waals surface area contributed by atoms with Gasteiger partial charge in [0.15, 0.2) is 5.96 Å². The maximum atomic E-state index is 6.12. The minimum atomic E-state index is 0.465. The number of guanidine groups is 1. The zero-order valence-electron chi connectivity index (χ0n) is 12.9. The summed E-state index contributed by atoms with van der Waals surface area (Å²) in [6.07, 6.45) is 4.83. The molecule has 1 aliphatic heterocycles. The SMILES string of the molecule is CC1(C)CC1CN=C(N)N1CCN(c2ncccn2)CC1. The van der Waals surface area contributed by atoms with Crippen molar-refractivity contribution >= 4 is 11.9 Å². The Kier molecular flexibility index (Phi) is 3.69. The van der Waals surface area contributed by atoms with E-state index in [4.69, 9.17) is 5.73 Å². The van der Waals surface area contributed by atoms with Crippen LogP contribution in [0, 0.1) is 11.3 Å². The van der Waals surface area contributed by atoms with Crippen molar-refractivity contribution in [2.24, 2.45) is 22.1 Å². The molecule has 3 rings (SSSR count). The van der Waals surface area contributed by atoms with Crippen molar-refractivity contribution in [1.29, 1.82) is 0 Å². The van der Waals surface area contributed by atoms with Gasteiger partial charge in [-0.05, 0) is 23.8 Å². The van der Waals surface area contributed by atoms with E-state index in [1.165, 1.54) is 6.42 Å². The first-order valence-corrected chi connectivity index (χ1v) is 7.63. The monoisotopic (exact) mass is 288 g/mol. The minimum Gasteiger partial charge on any atom is -0.370 e. The summed E-state index contributed by atoms with van der Waals surface area (Å²) in [6, 6.07) is 1.84. The summed E-state index contributed by atoms with van der Waals surface area (Å²) < 4.78 is 0.